The third-order valence-corrected chi connectivity index (χ3v) is 2.83. The fourth-order valence-corrected chi connectivity index (χ4v) is 1.35. The van der Waals surface area contributed by atoms with E-state index >= 15 is 0 Å². The Kier molecular flexibility index (Phi) is 8.18. The van der Waals surface area contributed by atoms with Gasteiger partial charge in [0.05, 0.1) is 39.6 Å². The fourth-order valence-electron chi connectivity index (χ4n) is 0.891. The van der Waals surface area contributed by atoms with Gasteiger partial charge in [0.15, 0.2) is 0 Å². The summed E-state index contributed by atoms with van der Waals surface area (Å²) in [5.74, 6) is 1.47. The number of epoxide rings is 2. The van der Waals surface area contributed by atoms with Gasteiger partial charge in [-0.15, -0.1) is 0 Å². The van der Waals surface area contributed by atoms with E-state index < -0.39 is 0 Å². The third kappa shape index (κ3) is 9.38. The van der Waals surface area contributed by atoms with E-state index in [0.29, 0.717) is 12.2 Å². The van der Waals surface area contributed by atoms with E-state index in [1.54, 1.807) is 11.8 Å². The first-order valence-corrected chi connectivity index (χ1v) is 6.62. The Balaban J connectivity index is 0.000000168. The molecule has 2 rings (SSSR count). The summed E-state index contributed by atoms with van der Waals surface area (Å²) in [4.78, 5) is 0. The van der Waals surface area contributed by atoms with Crippen molar-refractivity contribution in [2.75, 3.05) is 51.1 Å². The molecule has 2 aliphatic heterocycles. The summed E-state index contributed by atoms with van der Waals surface area (Å²) in [6, 6.07) is 0. The number of aliphatic hydroxyl groups excluding tert-OH is 2. The Morgan fingerprint density at radius 2 is 1.44 bits per heavy atom. The predicted molar refractivity (Wildman–Crippen MR) is 61.8 cm³/mol. The highest BCUT2D eigenvalue weighted by atomic mass is 32.2. The molecule has 6 heteroatoms. The topological polar surface area (TPSA) is 74.8 Å². The largest absolute Gasteiger partial charge is 0.396 e. The summed E-state index contributed by atoms with van der Waals surface area (Å²) in [6.07, 6.45) is 0.785. The molecule has 96 valence electrons. The van der Waals surface area contributed by atoms with Crippen molar-refractivity contribution in [2.24, 2.45) is 0 Å². The van der Waals surface area contributed by atoms with Crippen LogP contribution >= 0.6 is 11.8 Å². The predicted octanol–water partition coefficient (Wildman–Crippen LogP) is -0.495. The third-order valence-electron chi connectivity index (χ3n) is 1.88. The average Bonchev–Trinajstić information content (AvgIpc) is 3.14. The number of aliphatic hydroxyl groups is 2. The second-order valence-electron chi connectivity index (χ2n) is 3.51. The Morgan fingerprint density at radius 3 is 1.75 bits per heavy atom. The standard InChI is InChI=1S/C6H10O3.C4H10O2S/c1(5-3-8-5)7-2-6-4-9-6;5-1-3-7-4-2-6/h5-6H,1-4H2;5-6H,1-4H2. The van der Waals surface area contributed by atoms with E-state index in [1.807, 2.05) is 0 Å². The van der Waals surface area contributed by atoms with Gasteiger partial charge in [0, 0.05) is 11.5 Å². The highest BCUT2D eigenvalue weighted by Crippen LogP contribution is 2.12. The molecule has 0 amide bonds. The normalized spacial score (nSPS) is 25.9. The summed E-state index contributed by atoms with van der Waals surface area (Å²) in [5.41, 5.74) is 0. The van der Waals surface area contributed by atoms with Crippen molar-refractivity contribution >= 4 is 11.8 Å². The molecule has 2 atom stereocenters. The van der Waals surface area contributed by atoms with Gasteiger partial charge < -0.3 is 24.4 Å². The van der Waals surface area contributed by atoms with Crippen LogP contribution in [0.1, 0.15) is 0 Å². The molecule has 5 nitrogen and oxygen atoms in total. The van der Waals surface area contributed by atoms with Crippen LogP contribution in [0.3, 0.4) is 0 Å². The van der Waals surface area contributed by atoms with Crippen LogP contribution in [0.25, 0.3) is 0 Å². The van der Waals surface area contributed by atoms with Crippen LogP contribution in [0.2, 0.25) is 0 Å². The maximum atomic E-state index is 8.19. The summed E-state index contributed by atoms with van der Waals surface area (Å²) < 4.78 is 15.1. The number of hydrogen-bond acceptors (Lipinski definition) is 6. The molecule has 0 saturated carbocycles. The number of thioether (sulfide) groups is 1. The molecule has 0 aromatic heterocycles. The van der Waals surface area contributed by atoms with Crippen molar-refractivity contribution in [1.82, 2.24) is 0 Å². The zero-order valence-electron chi connectivity index (χ0n) is 9.34. The molecular weight excluding hydrogens is 232 g/mol. The van der Waals surface area contributed by atoms with Crippen LogP contribution in [-0.2, 0) is 14.2 Å². The van der Waals surface area contributed by atoms with Crippen molar-refractivity contribution in [2.45, 2.75) is 12.2 Å². The van der Waals surface area contributed by atoms with E-state index in [2.05, 4.69) is 0 Å². The summed E-state index contributed by atoms with van der Waals surface area (Å²) >= 11 is 1.55. The van der Waals surface area contributed by atoms with Gasteiger partial charge in [-0.2, -0.15) is 11.8 Å². The molecule has 2 heterocycles. The van der Waals surface area contributed by atoms with Gasteiger partial charge in [-0.1, -0.05) is 0 Å². The molecule has 2 aliphatic rings. The summed E-state index contributed by atoms with van der Waals surface area (Å²) in [7, 11) is 0. The van der Waals surface area contributed by atoms with Crippen molar-refractivity contribution in [3.05, 3.63) is 0 Å². The Hall–Kier alpha value is 0.150. The zero-order chi connectivity index (χ0) is 11.6. The number of ether oxygens (including phenoxy) is 3. The molecule has 2 N–H and O–H groups in total. The van der Waals surface area contributed by atoms with Crippen LogP contribution in [0.5, 0.6) is 0 Å². The highest BCUT2D eigenvalue weighted by Gasteiger charge is 2.26. The van der Waals surface area contributed by atoms with Crippen molar-refractivity contribution < 1.29 is 24.4 Å². The minimum Gasteiger partial charge on any atom is -0.396 e. The van der Waals surface area contributed by atoms with E-state index in [4.69, 9.17) is 24.4 Å². The fraction of sp³-hybridized carbons (Fsp3) is 1.00. The Bertz CT molecular complexity index is 145. The first kappa shape index (κ1) is 14.2. The molecular formula is C10H20O5S. The zero-order valence-corrected chi connectivity index (χ0v) is 10.2. The second-order valence-corrected chi connectivity index (χ2v) is 4.73. The lowest BCUT2D eigenvalue weighted by Crippen LogP contribution is -2.06. The Morgan fingerprint density at radius 1 is 1.00 bits per heavy atom. The lowest BCUT2D eigenvalue weighted by Gasteiger charge is -1.95. The maximum Gasteiger partial charge on any atom is 0.104 e. The highest BCUT2D eigenvalue weighted by molar-refractivity contribution is 7.99. The van der Waals surface area contributed by atoms with Crippen molar-refractivity contribution in [3.8, 4) is 0 Å². The lowest BCUT2D eigenvalue weighted by molar-refractivity contribution is 0.102. The van der Waals surface area contributed by atoms with E-state index in [-0.39, 0.29) is 13.2 Å². The van der Waals surface area contributed by atoms with Crippen LogP contribution < -0.4 is 0 Å². The molecule has 2 unspecified atom stereocenters. The minimum absolute atomic E-state index is 0.213. The molecule has 2 fully saturated rings. The van der Waals surface area contributed by atoms with Crippen LogP contribution in [0.4, 0.5) is 0 Å². The SMILES string of the molecule is C(OCC1CO1)C1CO1.OCCSCCO. The first-order valence-electron chi connectivity index (χ1n) is 5.47. The molecule has 0 bridgehead atoms. The first-order chi connectivity index (χ1) is 7.86. The van der Waals surface area contributed by atoms with Gasteiger partial charge >= 0.3 is 0 Å². The second kappa shape index (κ2) is 9.21. The van der Waals surface area contributed by atoms with Gasteiger partial charge in [-0.25, -0.2) is 0 Å². The quantitative estimate of drug-likeness (QED) is 0.448. The lowest BCUT2D eigenvalue weighted by atomic mass is 10.5. The van der Waals surface area contributed by atoms with E-state index in [1.165, 1.54) is 0 Å². The minimum atomic E-state index is 0.213. The van der Waals surface area contributed by atoms with Crippen molar-refractivity contribution in [1.29, 1.82) is 0 Å². The monoisotopic (exact) mass is 252 g/mol. The molecule has 2 saturated heterocycles. The van der Waals surface area contributed by atoms with Gasteiger partial charge in [0.1, 0.15) is 12.2 Å². The number of hydrogen-bond donors (Lipinski definition) is 2. The molecule has 0 radical (unpaired) electrons. The van der Waals surface area contributed by atoms with Crippen LogP contribution in [0.15, 0.2) is 0 Å². The molecule has 0 spiro atoms. The summed E-state index contributed by atoms with van der Waals surface area (Å²) in [5, 5.41) is 16.4. The maximum absolute atomic E-state index is 8.19. The van der Waals surface area contributed by atoms with E-state index in [0.717, 1.165) is 37.9 Å². The number of rotatable bonds is 8. The molecule has 0 aliphatic carbocycles. The molecule has 16 heavy (non-hydrogen) atoms. The molecule has 0 aromatic rings. The average molecular weight is 252 g/mol. The van der Waals surface area contributed by atoms with Crippen LogP contribution in [0, 0.1) is 0 Å². The van der Waals surface area contributed by atoms with Gasteiger partial charge in [-0.05, 0) is 0 Å². The van der Waals surface area contributed by atoms with Gasteiger partial charge in [-0.3, -0.25) is 0 Å². The van der Waals surface area contributed by atoms with Crippen LogP contribution in [-0.4, -0.2) is 73.6 Å². The van der Waals surface area contributed by atoms with Gasteiger partial charge in [0.2, 0.25) is 0 Å². The van der Waals surface area contributed by atoms with Gasteiger partial charge in [0.25, 0.3) is 0 Å². The smallest absolute Gasteiger partial charge is 0.104 e. The molecule has 0 aromatic carbocycles. The Labute approximate surface area is 100 Å². The summed E-state index contributed by atoms with van der Waals surface area (Å²) in [6.45, 7) is 3.69. The van der Waals surface area contributed by atoms with E-state index in [9.17, 15) is 0 Å². The van der Waals surface area contributed by atoms with Crippen molar-refractivity contribution in [3.63, 3.8) is 0 Å².